The molecule has 5 nitrogen and oxygen atoms in total. The summed E-state index contributed by atoms with van der Waals surface area (Å²) in [5.74, 6) is -0.422. The number of sulfonamides is 1. The van der Waals surface area contributed by atoms with Crippen LogP contribution in [0.2, 0.25) is 10.0 Å². The maximum atomic E-state index is 13.5. The normalized spacial score (nSPS) is 13.9. The minimum absolute atomic E-state index is 0.0867. The third-order valence-corrected chi connectivity index (χ3v) is 8.61. The van der Waals surface area contributed by atoms with Crippen molar-refractivity contribution in [3.63, 3.8) is 0 Å². The van der Waals surface area contributed by atoms with Gasteiger partial charge in [-0.05, 0) is 80.1 Å². The molecule has 34 heavy (non-hydrogen) atoms. The lowest BCUT2D eigenvalue weighted by atomic mass is 10.0. The molecule has 1 aliphatic carbocycles. The van der Waals surface area contributed by atoms with Crippen molar-refractivity contribution in [1.29, 1.82) is 0 Å². The lowest BCUT2D eigenvalue weighted by Gasteiger charge is -2.25. The van der Waals surface area contributed by atoms with Gasteiger partial charge in [-0.3, -0.25) is 9.10 Å². The van der Waals surface area contributed by atoms with Crippen LogP contribution in [0.3, 0.4) is 0 Å². The van der Waals surface area contributed by atoms with Crippen LogP contribution in [0.4, 0.5) is 5.69 Å². The van der Waals surface area contributed by atoms with Crippen LogP contribution < -0.4 is 9.62 Å². The summed E-state index contributed by atoms with van der Waals surface area (Å²) in [5.41, 5.74) is 4.86. The maximum Gasteiger partial charge on any atom is 0.264 e. The number of fused-ring (bicyclic) bond motifs is 1. The van der Waals surface area contributed by atoms with E-state index in [1.807, 2.05) is 19.9 Å². The van der Waals surface area contributed by atoms with Crippen LogP contribution in [0.5, 0.6) is 0 Å². The molecule has 1 N–H and O–H groups in total. The van der Waals surface area contributed by atoms with Gasteiger partial charge in [0.1, 0.15) is 6.54 Å². The Morgan fingerprint density at radius 2 is 1.68 bits per heavy atom. The quantitative estimate of drug-likeness (QED) is 0.427. The molecule has 1 unspecified atom stereocenters. The van der Waals surface area contributed by atoms with Gasteiger partial charge in [-0.2, -0.15) is 0 Å². The molecular weight excluding hydrogens is 491 g/mol. The summed E-state index contributed by atoms with van der Waals surface area (Å²) >= 11 is 12.2. The lowest BCUT2D eigenvalue weighted by Crippen LogP contribution is -2.41. The number of carbonyl (C=O) groups is 1. The minimum Gasteiger partial charge on any atom is -0.348 e. The van der Waals surface area contributed by atoms with E-state index in [0.29, 0.717) is 5.02 Å². The lowest BCUT2D eigenvalue weighted by molar-refractivity contribution is -0.120. The van der Waals surface area contributed by atoms with Crippen LogP contribution >= 0.6 is 23.2 Å². The highest BCUT2D eigenvalue weighted by molar-refractivity contribution is 7.92. The first-order valence-electron chi connectivity index (χ1n) is 11.1. The number of rotatable bonds is 7. The average Bonchev–Trinajstić information content (AvgIpc) is 3.27. The van der Waals surface area contributed by atoms with E-state index in [1.165, 1.54) is 41.5 Å². The van der Waals surface area contributed by atoms with Crippen molar-refractivity contribution in [2.24, 2.45) is 0 Å². The summed E-state index contributed by atoms with van der Waals surface area (Å²) in [4.78, 5) is 13.1. The van der Waals surface area contributed by atoms with E-state index in [-0.39, 0.29) is 21.6 Å². The first-order valence-corrected chi connectivity index (χ1v) is 13.3. The molecule has 0 saturated heterocycles. The van der Waals surface area contributed by atoms with Crippen molar-refractivity contribution in [2.75, 3.05) is 10.8 Å². The number of carbonyl (C=O) groups excluding carboxylic acids is 1. The first-order chi connectivity index (χ1) is 16.1. The van der Waals surface area contributed by atoms with Crippen molar-refractivity contribution in [3.8, 4) is 0 Å². The van der Waals surface area contributed by atoms with E-state index in [4.69, 9.17) is 23.2 Å². The van der Waals surface area contributed by atoms with Crippen molar-refractivity contribution < 1.29 is 13.2 Å². The average molecular weight is 517 g/mol. The highest BCUT2D eigenvalue weighted by Crippen LogP contribution is 2.31. The molecule has 1 aliphatic rings. The predicted molar refractivity (Wildman–Crippen MR) is 137 cm³/mol. The third kappa shape index (κ3) is 5.24. The van der Waals surface area contributed by atoms with Gasteiger partial charge in [-0.15, -0.1) is 0 Å². The molecule has 0 bridgehead atoms. The fourth-order valence-corrected chi connectivity index (χ4v) is 5.86. The van der Waals surface area contributed by atoms with Gasteiger partial charge in [-0.25, -0.2) is 8.42 Å². The number of hydrogen-bond acceptors (Lipinski definition) is 3. The summed E-state index contributed by atoms with van der Waals surface area (Å²) in [7, 11) is -4.03. The van der Waals surface area contributed by atoms with Crippen LogP contribution in [0.1, 0.15) is 41.6 Å². The minimum atomic E-state index is -4.03. The van der Waals surface area contributed by atoms with Crippen LogP contribution in [0.15, 0.2) is 65.6 Å². The number of anilines is 1. The van der Waals surface area contributed by atoms with Crippen LogP contribution in [0.25, 0.3) is 0 Å². The maximum absolute atomic E-state index is 13.5. The van der Waals surface area contributed by atoms with Gasteiger partial charge < -0.3 is 5.32 Å². The van der Waals surface area contributed by atoms with Crippen LogP contribution in [-0.4, -0.2) is 20.9 Å². The van der Waals surface area contributed by atoms with Crippen molar-refractivity contribution in [2.45, 2.75) is 44.0 Å². The van der Waals surface area contributed by atoms with Crippen molar-refractivity contribution >= 4 is 44.8 Å². The summed E-state index contributed by atoms with van der Waals surface area (Å²) in [6.45, 7) is 3.37. The second kappa shape index (κ2) is 9.98. The molecule has 0 aliphatic heterocycles. The summed E-state index contributed by atoms with van der Waals surface area (Å²) in [5, 5.41) is 3.44. The number of nitrogens with one attached hydrogen (secondary N) is 1. The summed E-state index contributed by atoms with van der Waals surface area (Å²) in [6, 6.07) is 17.0. The summed E-state index contributed by atoms with van der Waals surface area (Å²) < 4.78 is 28.1. The Hall–Kier alpha value is -2.54. The molecule has 0 radical (unpaired) electrons. The van der Waals surface area contributed by atoms with E-state index in [2.05, 4.69) is 17.4 Å². The molecule has 1 amide bonds. The standard InChI is InChI=1S/C26H26Cl2N2O3S/c1-17-6-11-23(12-7-17)34(32,33)30(22-10-13-24(27)25(28)15-22)16-26(31)29-18(2)20-9-8-19-4-3-5-21(19)14-20/h6-15,18H,3-5,16H2,1-2H3,(H,29,31). The molecule has 1 atom stereocenters. The number of aryl methyl sites for hydroxylation is 3. The molecule has 4 rings (SSSR count). The van der Waals surface area contributed by atoms with Gasteiger partial charge >= 0.3 is 0 Å². The van der Waals surface area contributed by atoms with Crippen molar-refractivity contribution in [1.82, 2.24) is 5.32 Å². The number of halogens is 2. The highest BCUT2D eigenvalue weighted by atomic mass is 35.5. The van der Waals surface area contributed by atoms with E-state index in [0.717, 1.165) is 34.7 Å². The molecular formula is C26H26Cl2N2O3S. The Morgan fingerprint density at radius 3 is 2.38 bits per heavy atom. The van der Waals surface area contributed by atoms with E-state index < -0.39 is 22.5 Å². The Balaban J connectivity index is 1.60. The molecule has 0 aromatic heterocycles. The first kappa shape index (κ1) is 24.6. The highest BCUT2D eigenvalue weighted by Gasteiger charge is 2.28. The number of benzene rings is 3. The molecule has 178 valence electrons. The van der Waals surface area contributed by atoms with Gasteiger partial charge in [0.25, 0.3) is 10.0 Å². The molecule has 0 saturated carbocycles. The zero-order chi connectivity index (χ0) is 24.5. The molecule has 0 spiro atoms. The topological polar surface area (TPSA) is 66.5 Å². The van der Waals surface area contributed by atoms with Gasteiger partial charge in [0.15, 0.2) is 0 Å². The van der Waals surface area contributed by atoms with Gasteiger partial charge in [0, 0.05) is 0 Å². The Labute approximate surface area is 210 Å². The van der Waals surface area contributed by atoms with Crippen LogP contribution in [0, 0.1) is 6.92 Å². The Bertz CT molecular complexity index is 1320. The zero-order valence-corrected chi connectivity index (χ0v) is 21.3. The zero-order valence-electron chi connectivity index (χ0n) is 19.0. The van der Waals surface area contributed by atoms with E-state index in [9.17, 15) is 13.2 Å². The molecule has 0 fully saturated rings. The number of amides is 1. The molecule has 0 heterocycles. The molecule has 3 aromatic rings. The second-order valence-corrected chi connectivity index (χ2v) is 11.3. The summed E-state index contributed by atoms with van der Waals surface area (Å²) in [6.07, 6.45) is 3.28. The predicted octanol–water partition coefficient (Wildman–Crippen LogP) is 5.86. The Kier molecular flexibility index (Phi) is 7.22. The monoisotopic (exact) mass is 516 g/mol. The third-order valence-electron chi connectivity index (χ3n) is 6.09. The SMILES string of the molecule is Cc1ccc(S(=O)(=O)N(CC(=O)NC(C)c2ccc3c(c2)CCC3)c2ccc(Cl)c(Cl)c2)cc1. The Morgan fingerprint density at radius 1 is 0.971 bits per heavy atom. The number of hydrogen-bond donors (Lipinski definition) is 1. The van der Waals surface area contributed by atoms with Crippen LogP contribution in [-0.2, 0) is 27.7 Å². The van der Waals surface area contributed by atoms with Gasteiger partial charge in [0.05, 0.1) is 26.7 Å². The fraction of sp³-hybridized carbons (Fsp3) is 0.269. The smallest absolute Gasteiger partial charge is 0.264 e. The second-order valence-electron chi connectivity index (χ2n) is 8.59. The molecule has 3 aromatic carbocycles. The molecule has 8 heteroatoms. The van der Waals surface area contributed by atoms with Gasteiger partial charge in [0.2, 0.25) is 5.91 Å². The van der Waals surface area contributed by atoms with Gasteiger partial charge in [-0.1, -0.05) is 59.1 Å². The van der Waals surface area contributed by atoms with Crippen molar-refractivity contribution in [3.05, 3.63) is 93.0 Å². The largest absolute Gasteiger partial charge is 0.348 e. The van der Waals surface area contributed by atoms with E-state index >= 15 is 0 Å². The number of nitrogens with zero attached hydrogens (tertiary/aromatic N) is 1. The van der Waals surface area contributed by atoms with E-state index in [1.54, 1.807) is 12.1 Å². The fourth-order valence-electron chi connectivity index (χ4n) is 4.15.